The first kappa shape index (κ1) is 15.3. The van der Waals surface area contributed by atoms with Crippen LogP contribution in [-0.2, 0) is 5.41 Å². The van der Waals surface area contributed by atoms with Crippen molar-refractivity contribution in [2.75, 3.05) is 7.05 Å². The van der Waals surface area contributed by atoms with Gasteiger partial charge in [0.2, 0.25) is 0 Å². The van der Waals surface area contributed by atoms with E-state index in [1.54, 1.807) is 0 Å². The molecule has 0 spiro atoms. The number of rotatable bonds is 3. The summed E-state index contributed by atoms with van der Waals surface area (Å²) in [5.74, 6) is 0. The summed E-state index contributed by atoms with van der Waals surface area (Å²) < 4.78 is 1.11. The Morgan fingerprint density at radius 3 is 1.70 bits per heavy atom. The molecule has 0 radical (unpaired) electrons. The molecule has 2 heteroatoms. The Hall–Kier alpha value is -1.12. The van der Waals surface area contributed by atoms with E-state index in [2.05, 4.69) is 90.5 Å². The van der Waals surface area contributed by atoms with Crippen LogP contribution in [0.15, 0.2) is 53.0 Å². The average molecular weight is 332 g/mol. The normalized spacial score (nSPS) is 13.2. The van der Waals surface area contributed by atoms with Crippen LogP contribution in [-0.4, -0.2) is 7.05 Å². The van der Waals surface area contributed by atoms with Crippen LogP contribution < -0.4 is 5.32 Å². The molecule has 0 aliphatic heterocycles. The van der Waals surface area contributed by atoms with Crippen LogP contribution in [0.2, 0.25) is 0 Å². The van der Waals surface area contributed by atoms with Crippen molar-refractivity contribution < 1.29 is 0 Å². The lowest BCUT2D eigenvalue weighted by Crippen LogP contribution is -2.18. The molecule has 20 heavy (non-hydrogen) atoms. The number of nitrogens with one attached hydrogen (secondary N) is 1. The van der Waals surface area contributed by atoms with Crippen molar-refractivity contribution in [3.63, 3.8) is 0 Å². The van der Waals surface area contributed by atoms with E-state index in [4.69, 9.17) is 0 Å². The summed E-state index contributed by atoms with van der Waals surface area (Å²) >= 11 is 3.48. The summed E-state index contributed by atoms with van der Waals surface area (Å²) in [6, 6.07) is 17.6. The highest BCUT2D eigenvalue weighted by Gasteiger charge is 2.15. The first-order valence-electron chi connectivity index (χ1n) is 6.95. The maximum Gasteiger partial charge on any atom is 0.0574 e. The zero-order valence-electron chi connectivity index (χ0n) is 12.6. The molecule has 1 atom stereocenters. The van der Waals surface area contributed by atoms with Crippen LogP contribution in [0.3, 0.4) is 0 Å². The van der Waals surface area contributed by atoms with Gasteiger partial charge in [0.05, 0.1) is 6.04 Å². The summed E-state index contributed by atoms with van der Waals surface area (Å²) in [4.78, 5) is 0. The van der Waals surface area contributed by atoms with Gasteiger partial charge >= 0.3 is 0 Å². The monoisotopic (exact) mass is 331 g/mol. The molecule has 0 amide bonds. The van der Waals surface area contributed by atoms with Crippen LogP contribution in [0.25, 0.3) is 0 Å². The molecular formula is C18H22BrN. The first-order valence-corrected chi connectivity index (χ1v) is 7.74. The molecule has 0 saturated carbocycles. The van der Waals surface area contributed by atoms with E-state index >= 15 is 0 Å². The van der Waals surface area contributed by atoms with Gasteiger partial charge < -0.3 is 5.32 Å². The molecular weight excluding hydrogens is 310 g/mol. The van der Waals surface area contributed by atoms with E-state index in [9.17, 15) is 0 Å². The minimum absolute atomic E-state index is 0.200. The fourth-order valence-corrected chi connectivity index (χ4v) is 2.62. The van der Waals surface area contributed by atoms with Gasteiger partial charge in [0.15, 0.2) is 0 Å². The van der Waals surface area contributed by atoms with Crippen molar-refractivity contribution >= 4 is 15.9 Å². The average Bonchev–Trinajstić information content (AvgIpc) is 2.41. The second-order valence-electron chi connectivity index (χ2n) is 6.15. The van der Waals surface area contributed by atoms with Gasteiger partial charge in [-0.15, -0.1) is 0 Å². The summed E-state index contributed by atoms with van der Waals surface area (Å²) in [6.07, 6.45) is 0. The van der Waals surface area contributed by atoms with Crippen molar-refractivity contribution in [1.29, 1.82) is 0 Å². The molecule has 0 saturated heterocycles. The van der Waals surface area contributed by atoms with Crippen molar-refractivity contribution in [2.45, 2.75) is 32.2 Å². The standard InChI is InChI=1S/C18H22BrN/c1-18(2,3)15-9-5-13(6-10-15)17(20-4)14-7-11-16(19)12-8-14/h5-12,17,20H,1-4H3. The predicted molar refractivity (Wildman–Crippen MR) is 90.2 cm³/mol. The molecule has 1 unspecified atom stereocenters. The van der Waals surface area contributed by atoms with E-state index in [1.807, 2.05) is 7.05 Å². The number of hydrogen-bond donors (Lipinski definition) is 1. The third-order valence-corrected chi connectivity index (χ3v) is 4.13. The smallest absolute Gasteiger partial charge is 0.0574 e. The van der Waals surface area contributed by atoms with Crippen molar-refractivity contribution in [3.05, 3.63) is 69.7 Å². The van der Waals surface area contributed by atoms with E-state index in [1.165, 1.54) is 16.7 Å². The van der Waals surface area contributed by atoms with Crippen LogP contribution >= 0.6 is 15.9 Å². The Bertz CT molecular complexity index is 549. The van der Waals surface area contributed by atoms with Gasteiger partial charge in [0.25, 0.3) is 0 Å². The maximum atomic E-state index is 3.48. The third-order valence-electron chi connectivity index (χ3n) is 3.60. The maximum absolute atomic E-state index is 3.48. The topological polar surface area (TPSA) is 12.0 Å². The quantitative estimate of drug-likeness (QED) is 0.829. The summed E-state index contributed by atoms with van der Waals surface area (Å²) in [5, 5.41) is 3.40. The Labute approximate surface area is 130 Å². The van der Waals surface area contributed by atoms with Crippen LogP contribution in [0, 0.1) is 0 Å². The van der Waals surface area contributed by atoms with Gasteiger partial charge in [-0.05, 0) is 41.3 Å². The Morgan fingerprint density at radius 1 is 0.850 bits per heavy atom. The van der Waals surface area contributed by atoms with Crippen LogP contribution in [0.1, 0.15) is 43.5 Å². The highest BCUT2D eigenvalue weighted by Crippen LogP contribution is 2.27. The predicted octanol–water partition coefficient (Wildman–Crippen LogP) is 5.06. The second-order valence-corrected chi connectivity index (χ2v) is 7.06. The molecule has 1 N–H and O–H groups in total. The highest BCUT2D eigenvalue weighted by atomic mass is 79.9. The number of benzene rings is 2. The summed E-state index contributed by atoms with van der Waals surface area (Å²) in [7, 11) is 2.00. The fourth-order valence-electron chi connectivity index (χ4n) is 2.36. The highest BCUT2D eigenvalue weighted by molar-refractivity contribution is 9.10. The van der Waals surface area contributed by atoms with Crippen molar-refractivity contribution in [2.24, 2.45) is 0 Å². The molecule has 2 aromatic rings. The van der Waals surface area contributed by atoms with Crippen molar-refractivity contribution in [3.8, 4) is 0 Å². The van der Waals surface area contributed by atoms with E-state index in [-0.39, 0.29) is 11.5 Å². The molecule has 0 bridgehead atoms. The lowest BCUT2D eigenvalue weighted by atomic mass is 9.86. The van der Waals surface area contributed by atoms with Gasteiger partial charge in [-0.25, -0.2) is 0 Å². The molecule has 1 nitrogen and oxygen atoms in total. The van der Waals surface area contributed by atoms with E-state index in [0.29, 0.717) is 0 Å². The minimum Gasteiger partial charge on any atom is -0.309 e. The van der Waals surface area contributed by atoms with Gasteiger partial charge in [-0.2, -0.15) is 0 Å². The number of halogens is 1. The first-order chi connectivity index (χ1) is 9.41. The fraction of sp³-hybridized carbons (Fsp3) is 0.333. The Morgan fingerprint density at radius 2 is 1.30 bits per heavy atom. The number of hydrogen-bond acceptors (Lipinski definition) is 1. The molecule has 0 aromatic heterocycles. The zero-order valence-corrected chi connectivity index (χ0v) is 14.2. The molecule has 0 aliphatic rings. The second kappa shape index (κ2) is 6.11. The minimum atomic E-state index is 0.200. The Kier molecular flexibility index (Phi) is 4.66. The molecule has 106 valence electrons. The summed E-state index contributed by atoms with van der Waals surface area (Å²) in [5.41, 5.74) is 4.14. The lowest BCUT2D eigenvalue weighted by Gasteiger charge is -2.22. The van der Waals surface area contributed by atoms with E-state index < -0.39 is 0 Å². The molecule has 0 heterocycles. The van der Waals surface area contributed by atoms with Crippen LogP contribution in [0.5, 0.6) is 0 Å². The van der Waals surface area contributed by atoms with E-state index in [0.717, 1.165) is 4.47 Å². The summed E-state index contributed by atoms with van der Waals surface area (Å²) in [6.45, 7) is 6.73. The van der Waals surface area contributed by atoms with Crippen molar-refractivity contribution in [1.82, 2.24) is 5.32 Å². The lowest BCUT2D eigenvalue weighted by molar-refractivity contribution is 0.589. The molecule has 2 aromatic carbocycles. The third kappa shape index (κ3) is 3.50. The van der Waals surface area contributed by atoms with Gasteiger partial charge in [0.1, 0.15) is 0 Å². The molecule has 2 rings (SSSR count). The Balaban J connectivity index is 2.30. The van der Waals surface area contributed by atoms with Gasteiger partial charge in [-0.3, -0.25) is 0 Å². The van der Waals surface area contributed by atoms with Gasteiger partial charge in [0, 0.05) is 4.47 Å². The van der Waals surface area contributed by atoms with Gasteiger partial charge in [-0.1, -0.05) is 73.1 Å². The van der Waals surface area contributed by atoms with Crippen LogP contribution in [0.4, 0.5) is 0 Å². The zero-order chi connectivity index (χ0) is 14.8. The largest absolute Gasteiger partial charge is 0.309 e. The molecule has 0 fully saturated rings. The SMILES string of the molecule is CNC(c1ccc(Br)cc1)c1ccc(C(C)(C)C)cc1. The molecule has 0 aliphatic carbocycles.